The van der Waals surface area contributed by atoms with E-state index < -0.39 is 30.3 Å². The number of esters is 1. The summed E-state index contributed by atoms with van der Waals surface area (Å²) in [5, 5.41) is 5.40. The minimum Gasteiger partial charge on any atom is -0.489 e. The third kappa shape index (κ3) is 9.91. The molecule has 4 rings (SSSR count). The van der Waals surface area contributed by atoms with E-state index in [1.807, 2.05) is 0 Å². The Balaban J connectivity index is 1.62. The van der Waals surface area contributed by atoms with Gasteiger partial charge in [0.25, 0.3) is 5.91 Å². The summed E-state index contributed by atoms with van der Waals surface area (Å²) < 4.78 is 52.8. The lowest BCUT2D eigenvalue weighted by atomic mass is 10.1. The first-order valence-corrected chi connectivity index (χ1v) is 14.6. The van der Waals surface area contributed by atoms with Crippen LogP contribution in [-0.2, 0) is 20.7 Å². The lowest BCUT2D eigenvalue weighted by Crippen LogP contribution is -2.34. The molecule has 2 amide bonds. The van der Waals surface area contributed by atoms with Crippen molar-refractivity contribution in [2.24, 2.45) is 5.92 Å². The van der Waals surface area contributed by atoms with Crippen LogP contribution in [-0.4, -0.2) is 48.4 Å². The molecule has 1 aliphatic carbocycles. The molecular formula is C32H37F2N3O8. The van der Waals surface area contributed by atoms with E-state index in [2.05, 4.69) is 20.4 Å². The van der Waals surface area contributed by atoms with Gasteiger partial charge in [0.05, 0.1) is 25.7 Å². The number of halogens is 2. The Morgan fingerprint density at radius 3 is 2.40 bits per heavy atom. The molecule has 2 aromatic carbocycles. The van der Waals surface area contributed by atoms with E-state index in [0.717, 1.165) is 12.8 Å². The molecule has 13 heteroatoms. The van der Waals surface area contributed by atoms with Crippen molar-refractivity contribution in [2.75, 3.05) is 18.5 Å². The molecule has 0 aliphatic heterocycles. The zero-order valence-electron chi connectivity index (χ0n) is 25.8. The number of amides is 2. The summed E-state index contributed by atoms with van der Waals surface area (Å²) in [5.41, 5.74) is 0.549. The van der Waals surface area contributed by atoms with E-state index in [9.17, 15) is 23.2 Å². The van der Waals surface area contributed by atoms with Crippen LogP contribution in [0.5, 0.6) is 11.5 Å². The largest absolute Gasteiger partial charge is 0.489 e. The van der Waals surface area contributed by atoms with E-state index >= 15 is 0 Å². The Morgan fingerprint density at radius 2 is 1.78 bits per heavy atom. The number of oxazole rings is 1. The maximum Gasteiger partial charge on any atom is 0.408 e. The van der Waals surface area contributed by atoms with E-state index in [-0.39, 0.29) is 47.8 Å². The molecule has 1 aromatic heterocycles. The molecule has 45 heavy (non-hydrogen) atoms. The zero-order chi connectivity index (χ0) is 32.7. The van der Waals surface area contributed by atoms with Crippen LogP contribution in [0.3, 0.4) is 0 Å². The lowest BCUT2D eigenvalue weighted by molar-refractivity contribution is -0.142. The van der Waals surface area contributed by atoms with Gasteiger partial charge in [0, 0.05) is 11.3 Å². The average Bonchev–Trinajstić information content (AvgIpc) is 3.67. The van der Waals surface area contributed by atoms with Crippen LogP contribution >= 0.6 is 0 Å². The first kappa shape index (κ1) is 33.2. The fraction of sp³-hybridized carbons (Fsp3) is 0.438. The molecule has 1 aliphatic rings. The number of nitrogens with zero attached hydrogens (tertiary/aromatic N) is 1. The monoisotopic (exact) mass is 629 g/mol. The van der Waals surface area contributed by atoms with Gasteiger partial charge in [-0.2, -0.15) is 8.78 Å². The van der Waals surface area contributed by atoms with Crippen LogP contribution in [0.2, 0.25) is 0 Å². The Labute approximate surface area is 259 Å². The second kappa shape index (κ2) is 14.4. The average molecular weight is 630 g/mol. The number of hydrogen-bond acceptors (Lipinski definition) is 9. The quantitative estimate of drug-likeness (QED) is 0.198. The van der Waals surface area contributed by atoms with Gasteiger partial charge >= 0.3 is 18.7 Å². The Hall–Kier alpha value is -4.68. The summed E-state index contributed by atoms with van der Waals surface area (Å²) in [5.74, 6) is -0.720. The predicted molar refractivity (Wildman–Crippen MR) is 159 cm³/mol. The molecule has 0 saturated heterocycles. The first-order valence-electron chi connectivity index (χ1n) is 14.6. The number of rotatable bonds is 13. The molecule has 1 fully saturated rings. The molecule has 0 bridgehead atoms. The molecule has 0 spiro atoms. The number of nitrogens with one attached hydrogen (secondary N) is 2. The van der Waals surface area contributed by atoms with Crippen LogP contribution < -0.4 is 20.1 Å². The fourth-order valence-electron chi connectivity index (χ4n) is 4.18. The van der Waals surface area contributed by atoms with Gasteiger partial charge in [-0.1, -0.05) is 12.1 Å². The highest BCUT2D eigenvalue weighted by molar-refractivity contribution is 6.04. The summed E-state index contributed by atoms with van der Waals surface area (Å²) in [6.45, 7) is 6.02. The smallest absolute Gasteiger partial charge is 0.408 e. The summed E-state index contributed by atoms with van der Waals surface area (Å²) in [6.07, 6.45) is 1.33. The van der Waals surface area contributed by atoms with Crippen molar-refractivity contribution in [3.05, 3.63) is 59.5 Å². The van der Waals surface area contributed by atoms with Crippen molar-refractivity contribution in [1.29, 1.82) is 0 Å². The number of aromatic nitrogens is 1. The Kier molecular flexibility index (Phi) is 10.6. The number of carbonyl (C=O) groups excluding carboxylic acids is 3. The van der Waals surface area contributed by atoms with Gasteiger partial charge in [-0.3, -0.25) is 9.59 Å². The van der Waals surface area contributed by atoms with Crippen LogP contribution in [0, 0.1) is 5.92 Å². The second-order valence-electron chi connectivity index (χ2n) is 11.5. The normalized spacial score (nSPS) is 13.6. The van der Waals surface area contributed by atoms with Gasteiger partial charge < -0.3 is 34.0 Å². The Morgan fingerprint density at radius 1 is 1.07 bits per heavy atom. The maximum atomic E-state index is 13.5. The third-order valence-corrected chi connectivity index (χ3v) is 6.44. The van der Waals surface area contributed by atoms with Crippen molar-refractivity contribution in [1.82, 2.24) is 10.3 Å². The van der Waals surface area contributed by atoms with Crippen LogP contribution in [0.25, 0.3) is 11.5 Å². The minimum absolute atomic E-state index is 0.0161. The third-order valence-electron chi connectivity index (χ3n) is 6.44. The maximum absolute atomic E-state index is 13.5. The highest BCUT2D eigenvalue weighted by Gasteiger charge is 2.29. The molecular weight excluding hydrogens is 592 g/mol. The molecule has 0 radical (unpaired) electrons. The first-order chi connectivity index (χ1) is 21.3. The van der Waals surface area contributed by atoms with Crippen LogP contribution in [0.15, 0.2) is 46.9 Å². The predicted octanol–water partition coefficient (Wildman–Crippen LogP) is 6.68. The van der Waals surface area contributed by atoms with Crippen molar-refractivity contribution >= 4 is 23.7 Å². The fourth-order valence-corrected chi connectivity index (χ4v) is 4.18. The van der Waals surface area contributed by atoms with E-state index in [0.29, 0.717) is 29.3 Å². The Bertz CT molecular complexity index is 1500. The van der Waals surface area contributed by atoms with Gasteiger partial charge in [-0.05, 0) is 89.3 Å². The number of benzene rings is 2. The standard InChI is InChI=1S/C32H37F2N3O8/c1-6-41-25(38)15-19-9-12-22(13-10-19)36-28(39)26-27(18(2)35-31(40)45-32(3,4)5)44-29(37-26)21-11-14-23(43-30(33)34)24(16-21)42-17-20-7-8-20/h9-14,16,18,20,30H,6-8,15,17H2,1-5H3,(H,35,40)(H,36,39). The topological polar surface area (TPSA) is 138 Å². The second-order valence-corrected chi connectivity index (χ2v) is 11.5. The number of hydrogen-bond donors (Lipinski definition) is 2. The number of anilines is 1. The molecule has 11 nitrogen and oxygen atoms in total. The van der Waals surface area contributed by atoms with Gasteiger partial charge in [0.1, 0.15) is 5.60 Å². The van der Waals surface area contributed by atoms with Gasteiger partial charge in [-0.25, -0.2) is 9.78 Å². The van der Waals surface area contributed by atoms with Gasteiger partial charge in [-0.15, -0.1) is 0 Å². The van der Waals surface area contributed by atoms with Gasteiger partial charge in [0.2, 0.25) is 5.89 Å². The number of carbonyl (C=O) groups is 3. The van der Waals surface area contributed by atoms with Gasteiger partial charge in [0.15, 0.2) is 23.0 Å². The van der Waals surface area contributed by atoms with E-state index in [1.165, 1.54) is 18.2 Å². The highest BCUT2D eigenvalue weighted by Crippen LogP contribution is 2.37. The van der Waals surface area contributed by atoms with Crippen molar-refractivity contribution in [2.45, 2.75) is 72.1 Å². The van der Waals surface area contributed by atoms with Crippen molar-refractivity contribution in [3.8, 4) is 23.0 Å². The molecule has 242 valence electrons. The zero-order valence-corrected chi connectivity index (χ0v) is 25.8. The lowest BCUT2D eigenvalue weighted by Gasteiger charge is -2.21. The molecule has 1 heterocycles. The van der Waals surface area contributed by atoms with E-state index in [1.54, 1.807) is 58.9 Å². The molecule has 1 unspecified atom stereocenters. The molecule has 2 N–H and O–H groups in total. The summed E-state index contributed by atoms with van der Waals surface area (Å²) in [7, 11) is 0. The number of alkyl halides is 2. The summed E-state index contributed by atoms with van der Waals surface area (Å²) in [4.78, 5) is 42.2. The number of ether oxygens (including phenoxy) is 4. The van der Waals surface area contributed by atoms with Crippen molar-refractivity contribution in [3.63, 3.8) is 0 Å². The summed E-state index contributed by atoms with van der Waals surface area (Å²) >= 11 is 0. The van der Waals surface area contributed by atoms with Crippen molar-refractivity contribution < 1.29 is 46.5 Å². The SMILES string of the molecule is CCOC(=O)Cc1ccc(NC(=O)c2nc(-c3ccc(OC(F)F)c(OCC4CC4)c3)oc2C(C)NC(=O)OC(C)(C)C)cc1. The van der Waals surface area contributed by atoms with E-state index in [4.69, 9.17) is 18.6 Å². The molecule has 3 aromatic rings. The van der Waals surface area contributed by atoms with Crippen LogP contribution in [0.4, 0.5) is 19.3 Å². The summed E-state index contributed by atoms with van der Waals surface area (Å²) in [6, 6.07) is 9.97. The highest BCUT2D eigenvalue weighted by atomic mass is 19.3. The molecule has 1 atom stereocenters. The minimum atomic E-state index is -3.05. The number of alkyl carbamates (subject to hydrolysis) is 1. The van der Waals surface area contributed by atoms with Crippen LogP contribution in [0.1, 0.15) is 75.3 Å². The molecule has 1 saturated carbocycles.